The fourth-order valence-corrected chi connectivity index (χ4v) is 4.53. The van der Waals surface area contributed by atoms with Crippen LogP contribution < -0.4 is 10.6 Å². The summed E-state index contributed by atoms with van der Waals surface area (Å²) in [7, 11) is 0. The molecule has 0 aliphatic heterocycles. The van der Waals surface area contributed by atoms with Gasteiger partial charge in [0, 0.05) is 53.0 Å². The van der Waals surface area contributed by atoms with Crippen molar-refractivity contribution >= 4 is 29.2 Å². The highest BCUT2D eigenvalue weighted by Gasteiger charge is 2.31. The number of halogens is 3. The summed E-state index contributed by atoms with van der Waals surface area (Å²) in [6.45, 7) is 3.58. The third-order valence-corrected chi connectivity index (χ3v) is 7.01. The van der Waals surface area contributed by atoms with Crippen LogP contribution in [0.1, 0.15) is 37.5 Å². The van der Waals surface area contributed by atoms with Crippen LogP contribution in [0.25, 0.3) is 16.9 Å². The van der Waals surface area contributed by atoms with Gasteiger partial charge in [0.25, 0.3) is 5.91 Å². The first-order valence-corrected chi connectivity index (χ1v) is 14.5. The van der Waals surface area contributed by atoms with E-state index in [-0.39, 0.29) is 28.3 Å². The van der Waals surface area contributed by atoms with Crippen LogP contribution in [0.15, 0.2) is 110 Å². The number of pyridine rings is 1. The minimum atomic E-state index is -4.60. The Balaban J connectivity index is 0.000000402. The second-order valence-corrected chi connectivity index (χ2v) is 10.6. The first kappa shape index (κ1) is 33.8. The predicted octanol–water partition coefficient (Wildman–Crippen LogP) is 7.45. The van der Waals surface area contributed by atoms with Crippen LogP contribution in [0.4, 0.5) is 30.5 Å². The number of aromatic carboxylic acids is 1. The fraction of sp³-hybridized carbons (Fsp3) is 0.0857. The van der Waals surface area contributed by atoms with Gasteiger partial charge in [-0.05, 0) is 80.1 Å². The number of carboxylic acids is 1. The summed E-state index contributed by atoms with van der Waals surface area (Å²) >= 11 is 0. The van der Waals surface area contributed by atoms with Crippen molar-refractivity contribution in [1.29, 1.82) is 0 Å². The quantitative estimate of drug-likeness (QED) is 0.136. The number of hydrogen-bond donors (Lipinski definition) is 4. The van der Waals surface area contributed by atoms with E-state index in [1.54, 1.807) is 74.2 Å². The Labute approximate surface area is 277 Å². The average molecular weight is 668 g/mol. The van der Waals surface area contributed by atoms with Crippen molar-refractivity contribution in [3.05, 3.63) is 138 Å². The summed E-state index contributed by atoms with van der Waals surface area (Å²) in [5, 5.41) is 23.0. The second-order valence-electron chi connectivity index (χ2n) is 10.6. The van der Waals surface area contributed by atoms with Crippen molar-refractivity contribution in [2.75, 3.05) is 10.6 Å². The lowest BCUT2D eigenvalue weighted by Crippen LogP contribution is -2.14. The topological polar surface area (TPSA) is 155 Å². The molecular formula is C35H28F3N7O4. The van der Waals surface area contributed by atoms with Crippen molar-refractivity contribution in [3.63, 3.8) is 0 Å². The number of aromatic nitrogens is 5. The lowest BCUT2D eigenvalue weighted by Gasteiger charge is -2.14. The molecule has 0 aliphatic carbocycles. The highest BCUT2D eigenvalue weighted by Crippen LogP contribution is 2.33. The summed E-state index contributed by atoms with van der Waals surface area (Å²) in [5.41, 5.74) is 3.03. The Morgan fingerprint density at radius 2 is 1.69 bits per heavy atom. The molecule has 3 heterocycles. The van der Waals surface area contributed by atoms with Crippen LogP contribution in [0.2, 0.25) is 0 Å². The van der Waals surface area contributed by atoms with Gasteiger partial charge in [-0.15, -0.1) is 0 Å². The molecule has 6 rings (SSSR count). The first-order chi connectivity index (χ1) is 23.4. The first-order valence-electron chi connectivity index (χ1n) is 14.5. The number of nitrogens with zero attached hydrogens (tertiary/aromatic N) is 5. The zero-order valence-electron chi connectivity index (χ0n) is 26.0. The maximum atomic E-state index is 13.6. The molecule has 3 aromatic heterocycles. The number of carbonyl (C=O) groups excluding carboxylic acids is 1. The molecule has 0 bridgehead atoms. The van der Waals surface area contributed by atoms with Gasteiger partial charge in [-0.3, -0.25) is 9.78 Å². The number of nitrogens with one attached hydrogen (secondary N) is 2. The largest absolute Gasteiger partial charge is 0.507 e. The molecule has 6 aromatic rings. The van der Waals surface area contributed by atoms with Gasteiger partial charge >= 0.3 is 12.1 Å². The molecule has 3 aromatic carbocycles. The predicted molar refractivity (Wildman–Crippen MR) is 176 cm³/mol. The number of carbonyl (C=O) groups is 2. The third-order valence-electron chi connectivity index (χ3n) is 7.01. The highest BCUT2D eigenvalue weighted by molar-refractivity contribution is 6.05. The second kappa shape index (κ2) is 14.5. The van der Waals surface area contributed by atoms with Gasteiger partial charge in [-0.2, -0.15) is 13.2 Å². The van der Waals surface area contributed by atoms with E-state index in [1.165, 1.54) is 29.1 Å². The van der Waals surface area contributed by atoms with Crippen molar-refractivity contribution in [2.24, 2.45) is 0 Å². The normalized spacial score (nSPS) is 10.9. The summed E-state index contributed by atoms with van der Waals surface area (Å²) in [5.74, 6) is -1.57. The standard InChI is InChI=1S/C28H22F3N7O.C7H6O3/c1-17-5-6-19(10-25(17)37-27-33-9-7-24(36-27)20-4-3-8-32-14-20)26(39)35-22-11-21(28(29,30)31)12-23(13-22)38-15-18(2)34-16-38;8-6-4-2-1-3-5(6)7(9)10/h3-16H,1-2H3,(H,35,39)(H,33,36,37);1-4,8H,(H,9,10). The molecule has 1 amide bonds. The van der Waals surface area contributed by atoms with Crippen LogP contribution in [0, 0.1) is 13.8 Å². The van der Waals surface area contributed by atoms with E-state index >= 15 is 0 Å². The van der Waals surface area contributed by atoms with E-state index in [0.717, 1.165) is 23.3 Å². The van der Waals surface area contributed by atoms with E-state index in [0.29, 0.717) is 23.0 Å². The molecule has 0 unspecified atom stereocenters. The molecule has 11 nitrogen and oxygen atoms in total. The van der Waals surface area contributed by atoms with Crippen LogP contribution in [-0.4, -0.2) is 46.6 Å². The van der Waals surface area contributed by atoms with Gasteiger partial charge in [0.1, 0.15) is 11.3 Å². The summed E-state index contributed by atoms with van der Waals surface area (Å²) < 4.78 is 42.3. The summed E-state index contributed by atoms with van der Waals surface area (Å²) in [6, 6.07) is 19.5. The number of benzene rings is 3. The van der Waals surface area contributed by atoms with Gasteiger partial charge in [0.15, 0.2) is 0 Å². The zero-order valence-corrected chi connectivity index (χ0v) is 26.0. The zero-order chi connectivity index (χ0) is 35.1. The number of anilines is 3. The molecule has 0 saturated carbocycles. The van der Waals surface area contributed by atoms with E-state index in [2.05, 4.69) is 30.6 Å². The van der Waals surface area contributed by atoms with Crippen molar-refractivity contribution < 1.29 is 33.0 Å². The lowest BCUT2D eigenvalue weighted by atomic mass is 10.1. The number of aromatic hydroxyl groups is 1. The van der Waals surface area contributed by atoms with Gasteiger partial charge in [0.2, 0.25) is 5.95 Å². The Hall–Kier alpha value is -6.57. The van der Waals surface area contributed by atoms with Gasteiger partial charge in [-0.25, -0.2) is 19.7 Å². The maximum absolute atomic E-state index is 13.6. The number of hydrogen-bond acceptors (Lipinski definition) is 8. The fourth-order valence-electron chi connectivity index (χ4n) is 4.53. The number of alkyl halides is 3. The Bertz CT molecular complexity index is 2120. The van der Waals surface area contributed by atoms with E-state index < -0.39 is 23.6 Å². The number of phenols is 1. The van der Waals surface area contributed by atoms with E-state index in [9.17, 15) is 22.8 Å². The number of rotatable bonds is 7. The van der Waals surface area contributed by atoms with E-state index in [4.69, 9.17) is 10.2 Å². The minimum absolute atomic E-state index is 0.00114. The summed E-state index contributed by atoms with van der Waals surface area (Å²) in [6.07, 6.45) is 3.38. The molecule has 14 heteroatoms. The highest BCUT2D eigenvalue weighted by atomic mass is 19.4. The molecule has 0 spiro atoms. The van der Waals surface area contributed by atoms with Crippen LogP contribution >= 0.6 is 0 Å². The van der Waals surface area contributed by atoms with Gasteiger partial charge in [0.05, 0.1) is 23.3 Å². The van der Waals surface area contributed by atoms with Crippen molar-refractivity contribution in [2.45, 2.75) is 20.0 Å². The molecule has 0 saturated heterocycles. The van der Waals surface area contributed by atoms with Gasteiger partial charge < -0.3 is 25.4 Å². The average Bonchev–Trinajstić information content (AvgIpc) is 3.52. The maximum Gasteiger partial charge on any atom is 0.416 e. The number of amides is 1. The lowest BCUT2D eigenvalue weighted by molar-refractivity contribution is -0.137. The molecule has 0 radical (unpaired) electrons. The monoisotopic (exact) mass is 667 g/mol. The Morgan fingerprint density at radius 3 is 2.35 bits per heavy atom. The van der Waals surface area contributed by atoms with Gasteiger partial charge in [-0.1, -0.05) is 18.2 Å². The van der Waals surface area contributed by atoms with Crippen molar-refractivity contribution in [3.8, 4) is 22.7 Å². The Kier molecular flexibility index (Phi) is 9.97. The number of imidazole rings is 1. The van der Waals surface area contributed by atoms with Crippen LogP contribution in [0.3, 0.4) is 0 Å². The minimum Gasteiger partial charge on any atom is -0.507 e. The number of para-hydroxylation sites is 1. The molecule has 0 fully saturated rings. The van der Waals surface area contributed by atoms with Crippen LogP contribution in [0.5, 0.6) is 5.75 Å². The molecular weight excluding hydrogens is 639 g/mol. The molecule has 0 aliphatic rings. The number of aryl methyl sites for hydroxylation is 2. The van der Waals surface area contributed by atoms with E-state index in [1.807, 2.05) is 13.0 Å². The molecule has 4 N–H and O–H groups in total. The summed E-state index contributed by atoms with van der Waals surface area (Å²) in [4.78, 5) is 40.3. The third kappa shape index (κ3) is 8.62. The molecule has 248 valence electrons. The SMILES string of the molecule is Cc1cn(-c2cc(NC(=O)c3ccc(C)c(Nc4nccc(-c5cccnc5)n4)c3)cc(C(F)(F)F)c2)cn1.O=C(O)c1ccccc1O. The van der Waals surface area contributed by atoms with Crippen molar-refractivity contribution in [1.82, 2.24) is 24.5 Å². The molecule has 0 atom stereocenters. The smallest absolute Gasteiger partial charge is 0.416 e. The Morgan fingerprint density at radius 1 is 0.898 bits per heavy atom. The molecule has 49 heavy (non-hydrogen) atoms. The van der Waals surface area contributed by atoms with Crippen LogP contribution in [-0.2, 0) is 6.18 Å². The number of carboxylic acid groups (broad SMARTS) is 1.